The zero-order valence-corrected chi connectivity index (χ0v) is 38.0. The van der Waals surface area contributed by atoms with E-state index in [1.165, 1.54) is 63.9 Å². The molecular weight excluding hydrogens is 859 g/mol. The third-order valence-electron chi connectivity index (χ3n) is 13.6. The molecule has 14 rings (SSSR count). The van der Waals surface area contributed by atoms with Gasteiger partial charge in [0.15, 0.2) is 17.5 Å². The molecule has 0 spiro atoms. The fraction of sp³-hybridized carbons (Fsp3) is 0. The molecule has 0 N–H and O–H groups in total. The third-order valence-corrected chi connectivity index (χ3v) is 14.8. The van der Waals surface area contributed by atoms with Crippen molar-refractivity contribution in [3.63, 3.8) is 0 Å². The smallest absolute Gasteiger partial charge is 0.166 e. The second-order valence-electron chi connectivity index (χ2n) is 17.5. The van der Waals surface area contributed by atoms with Crippen molar-refractivity contribution in [1.29, 1.82) is 0 Å². The molecule has 4 aromatic heterocycles. The summed E-state index contributed by atoms with van der Waals surface area (Å²) >= 11 is 1.89. The van der Waals surface area contributed by atoms with Crippen molar-refractivity contribution in [2.75, 3.05) is 0 Å². The van der Waals surface area contributed by atoms with Crippen LogP contribution in [0.25, 0.3) is 132 Å². The maximum atomic E-state index is 5.35. The van der Waals surface area contributed by atoms with E-state index in [4.69, 9.17) is 15.0 Å². The van der Waals surface area contributed by atoms with Gasteiger partial charge in [-0.1, -0.05) is 194 Å². The summed E-state index contributed by atoms with van der Waals surface area (Å²) < 4.78 is 7.42. The highest BCUT2D eigenvalue weighted by Gasteiger charge is 2.24. The molecule has 69 heavy (non-hydrogen) atoms. The zero-order valence-electron chi connectivity index (χ0n) is 37.2. The van der Waals surface area contributed by atoms with Crippen LogP contribution in [0, 0.1) is 0 Å². The molecule has 0 bridgehead atoms. The van der Waals surface area contributed by atoms with Crippen LogP contribution in [-0.4, -0.2) is 24.1 Å². The highest BCUT2D eigenvalue weighted by molar-refractivity contribution is 7.27. The van der Waals surface area contributed by atoms with Gasteiger partial charge in [0, 0.05) is 54.7 Å². The van der Waals surface area contributed by atoms with Crippen LogP contribution in [0.15, 0.2) is 237 Å². The van der Waals surface area contributed by atoms with Gasteiger partial charge in [0.2, 0.25) is 0 Å². The van der Waals surface area contributed by atoms with Crippen molar-refractivity contribution < 1.29 is 0 Å². The van der Waals surface area contributed by atoms with E-state index < -0.39 is 0 Å². The predicted molar refractivity (Wildman–Crippen MR) is 289 cm³/mol. The fourth-order valence-electron chi connectivity index (χ4n) is 10.4. The molecule has 0 amide bonds. The van der Waals surface area contributed by atoms with E-state index in [1.54, 1.807) is 0 Å². The molecule has 6 heteroatoms. The van der Waals surface area contributed by atoms with Gasteiger partial charge in [0.25, 0.3) is 0 Å². The first kappa shape index (κ1) is 39.2. The van der Waals surface area contributed by atoms with Gasteiger partial charge in [-0.05, 0) is 64.7 Å². The molecule has 0 aliphatic rings. The Bertz CT molecular complexity index is 4300. The molecule has 0 aliphatic heterocycles. The lowest BCUT2D eigenvalue weighted by Gasteiger charge is -2.15. The standard InChI is InChI=1S/C63H39N5S/c1-4-18-40(19-5-1)43-24-16-26-45(38-43)62-64-61(42-22-8-3-9-23-42)65-63(66-62)53-30-12-15-33-56(53)68-55-32-14-11-29-48(55)50-35-37-52-51-36-34-49-47-28-10-13-31-54(47)67(57(49)59(51)69-60(52)58(50)68)46-27-17-25-44(39-46)41-20-6-2-7-21-41/h1-39H. The molecule has 0 radical (unpaired) electrons. The maximum absolute atomic E-state index is 5.35. The number of hydrogen-bond donors (Lipinski definition) is 0. The molecule has 0 aliphatic carbocycles. The minimum atomic E-state index is 0.609. The van der Waals surface area contributed by atoms with Gasteiger partial charge in [-0.25, -0.2) is 15.0 Å². The van der Waals surface area contributed by atoms with E-state index in [1.807, 2.05) is 35.6 Å². The highest BCUT2D eigenvalue weighted by atomic mass is 32.1. The largest absolute Gasteiger partial charge is 0.308 e. The Kier molecular flexibility index (Phi) is 9.00. The molecule has 14 aromatic rings. The summed E-state index contributed by atoms with van der Waals surface area (Å²) in [6, 6.07) is 84.3. The summed E-state index contributed by atoms with van der Waals surface area (Å²) in [4.78, 5) is 15.8. The summed E-state index contributed by atoms with van der Waals surface area (Å²) in [5.41, 5.74) is 14.2. The highest BCUT2D eigenvalue weighted by Crippen LogP contribution is 2.48. The molecule has 5 nitrogen and oxygen atoms in total. The Labute approximate surface area is 401 Å². The molecule has 0 saturated carbocycles. The summed E-state index contributed by atoms with van der Waals surface area (Å²) in [6.07, 6.45) is 0. The van der Waals surface area contributed by atoms with Crippen molar-refractivity contribution in [3.8, 4) is 67.8 Å². The van der Waals surface area contributed by atoms with Crippen LogP contribution in [-0.2, 0) is 0 Å². The van der Waals surface area contributed by atoms with Crippen LogP contribution >= 0.6 is 11.3 Å². The zero-order chi connectivity index (χ0) is 45.4. The Morgan fingerprint density at radius 2 is 0.739 bits per heavy atom. The first-order chi connectivity index (χ1) is 34.2. The number of nitrogens with zero attached hydrogens (tertiary/aromatic N) is 5. The predicted octanol–water partition coefficient (Wildman–Crippen LogP) is 16.8. The summed E-state index contributed by atoms with van der Waals surface area (Å²) in [5.74, 6) is 1.85. The second-order valence-corrected chi connectivity index (χ2v) is 18.6. The molecule has 0 unspecified atom stereocenters. The van der Waals surface area contributed by atoms with Crippen molar-refractivity contribution >= 4 is 75.1 Å². The first-order valence-corrected chi connectivity index (χ1v) is 24.1. The quantitative estimate of drug-likeness (QED) is 0.160. The van der Waals surface area contributed by atoms with E-state index in [0.29, 0.717) is 17.5 Å². The van der Waals surface area contributed by atoms with Crippen LogP contribution in [0.4, 0.5) is 0 Å². The minimum Gasteiger partial charge on any atom is -0.308 e. The molecule has 10 aromatic carbocycles. The lowest BCUT2D eigenvalue weighted by molar-refractivity contribution is 1.06. The Balaban J connectivity index is 1.03. The summed E-state index contributed by atoms with van der Waals surface area (Å²) in [5, 5.41) is 7.34. The van der Waals surface area contributed by atoms with Gasteiger partial charge in [-0.15, -0.1) is 11.3 Å². The SMILES string of the molecule is c1ccc(-c2cccc(-c3nc(-c4ccccc4)nc(-c4ccccc4-n4c5ccccc5c5ccc6c7ccc8c9ccccc9n(-c9cccc(-c%10ccccc%10)c9)c8c7sc6c54)n3)c2)cc1. The molecule has 0 atom stereocenters. The van der Waals surface area contributed by atoms with Crippen molar-refractivity contribution in [2.45, 2.75) is 0 Å². The van der Waals surface area contributed by atoms with Gasteiger partial charge in [0.05, 0.1) is 37.2 Å². The lowest BCUT2D eigenvalue weighted by Crippen LogP contribution is -2.03. The van der Waals surface area contributed by atoms with E-state index in [2.05, 4.69) is 221 Å². The second kappa shape index (κ2) is 15.8. The molecule has 0 fully saturated rings. The normalized spacial score (nSPS) is 11.8. The summed E-state index contributed by atoms with van der Waals surface area (Å²) in [7, 11) is 0. The van der Waals surface area contributed by atoms with Gasteiger partial charge in [0.1, 0.15) is 0 Å². The number of aromatic nitrogens is 5. The number of para-hydroxylation sites is 3. The van der Waals surface area contributed by atoms with E-state index in [0.717, 1.165) is 50.2 Å². The third kappa shape index (κ3) is 6.34. The summed E-state index contributed by atoms with van der Waals surface area (Å²) in [6.45, 7) is 0. The fourth-order valence-corrected chi connectivity index (χ4v) is 11.8. The number of benzene rings is 10. The molecule has 4 heterocycles. The number of rotatable bonds is 7. The van der Waals surface area contributed by atoms with Crippen molar-refractivity contribution in [3.05, 3.63) is 237 Å². The monoisotopic (exact) mass is 897 g/mol. The average Bonchev–Trinajstić information content (AvgIpc) is 4.10. The molecule has 0 saturated heterocycles. The lowest BCUT2D eigenvalue weighted by atomic mass is 10.0. The number of thiophene rings is 1. The van der Waals surface area contributed by atoms with Gasteiger partial charge in [-0.2, -0.15) is 0 Å². The van der Waals surface area contributed by atoms with Crippen LogP contribution in [0.2, 0.25) is 0 Å². The van der Waals surface area contributed by atoms with E-state index >= 15 is 0 Å². The van der Waals surface area contributed by atoms with E-state index in [-0.39, 0.29) is 0 Å². The van der Waals surface area contributed by atoms with Crippen molar-refractivity contribution in [1.82, 2.24) is 24.1 Å². The first-order valence-electron chi connectivity index (χ1n) is 23.3. The maximum Gasteiger partial charge on any atom is 0.166 e. The number of hydrogen-bond acceptors (Lipinski definition) is 4. The van der Waals surface area contributed by atoms with Crippen LogP contribution in [0.1, 0.15) is 0 Å². The van der Waals surface area contributed by atoms with Crippen LogP contribution in [0.5, 0.6) is 0 Å². The van der Waals surface area contributed by atoms with Gasteiger partial charge < -0.3 is 9.13 Å². The molecular formula is C63H39N5S. The topological polar surface area (TPSA) is 48.5 Å². The Hall–Kier alpha value is -8.97. The minimum absolute atomic E-state index is 0.609. The average molecular weight is 898 g/mol. The van der Waals surface area contributed by atoms with Crippen LogP contribution in [0.3, 0.4) is 0 Å². The Morgan fingerprint density at radius 3 is 1.39 bits per heavy atom. The van der Waals surface area contributed by atoms with Crippen molar-refractivity contribution in [2.24, 2.45) is 0 Å². The van der Waals surface area contributed by atoms with E-state index in [9.17, 15) is 0 Å². The van der Waals surface area contributed by atoms with Gasteiger partial charge in [-0.3, -0.25) is 0 Å². The number of fused-ring (bicyclic) bond motifs is 11. The van der Waals surface area contributed by atoms with Gasteiger partial charge >= 0.3 is 0 Å². The Morgan fingerprint density at radius 1 is 0.290 bits per heavy atom. The molecule has 322 valence electrons. The van der Waals surface area contributed by atoms with Crippen LogP contribution < -0.4 is 0 Å².